The molecule has 4 heteroatoms. The Balaban J connectivity index is 1.75. The number of carbonyl (C=O) groups is 1. The number of hydrogen-bond donors (Lipinski definition) is 0. The molecule has 0 unspecified atom stereocenters. The first-order chi connectivity index (χ1) is 12.1. The van der Waals surface area contributed by atoms with Crippen LogP contribution in [0.15, 0.2) is 60.7 Å². The fraction of sp³-hybridized carbons (Fsp3) is 0.381. The van der Waals surface area contributed by atoms with E-state index in [2.05, 4.69) is 26.0 Å². The van der Waals surface area contributed by atoms with Gasteiger partial charge in [0.25, 0.3) is 0 Å². The molecule has 1 fully saturated rings. The summed E-state index contributed by atoms with van der Waals surface area (Å²) in [6.45, 7) is 5.24. The Morgan fingerprint density at radius 1 is 1.08 bits per heavy atom. The maximum absolute atomic E-state index is 11.9. The molecule has 2 atom stereocenters. The van der Waals surface area contributed by atoms with E-state index in [0.717, 1.165) is 11.1 Å². The fourth-order valence-electron chi connectivity index (χ4n) is 3.16. The average molecular weight is 339 g/mol. The Morgan fingerprint density at radius 3 is 2.36 bits per heavy atom. The molecule has 132 valence electrons. The van der Waals surface area contributed by atoms with Gasteiger partial charge in [-0.1, -0.05) is 74.5 Å². The van der Waals surface area contributed by atoms with Crippen molar-refractivity contribution in [1.29, 1.82) is 0 Å². The van der Waals surface area contributed by atoms with Crippen LogP contribution in [-0.2, 0) is 21.0 Å². The molecule has 0 spiro atoms. The van der Waals surface area contributed by atoms with Crippen molar-refractivity contribution in [3.63, 3.8) is 0 Å². The van der Waals surface area contributed by atoms with Gasteiger partial charge in [0, 0.05) is 0 Å². The second kappa shape index (κ2) is 8.28. The van der Waals surface area contributed by atoms with E-state index in [-0.39, 0.29) is 18.1 Å². The first-order valence-electron chi connectivity index (χ1n) is 8.81. The molecule has 4 nitrogen and oxygen atoms in total. The fourth-order valence-corrected chi connectivity index (χ4v) is 3.16. The quantitative estimate of drug-likeness (QED) is 0.760. The Hall–Kier alpha value is -2.17. The largest absolute Gasteiger partial charge is 0.375 e. The van der Waals surface area contributed by atoms with Crippen molar-refractivity contribution < 1.29 is 14.4 Å². The Kier molecular flexibility index (Phi) is 5.84. The van der Waals surface area contributed by atoms with Crippen LogP contribution >= 0.6 is 0 Å². The van der Waals surface area contributed by atoms with E-state index in [4.69, 9.17) is 9.57 Å². The van der Waals surface area contributed by atoms with Gasteiger partial charge in [0.1, 0.15) is 0 Å². The van der Waals surface area contributed by atoms with E-state index in [9.17, 15) is 4.79 Å². The van der Waals surface area contributed by atoms with Gasteiger partial charge in [0.2, 0.25) is 0 Å². The number of hydroxylamine groups is 2. The molecule has 0 radical (unpaired) electrons. The van der Waals surface area contributed by atoms with Gasteiger partial charge in [0.05, 0.1) is 31.7 Å². The van der Waals surface area contributed by atoms with Gasteiger partial charge >= 0.3 is 5.97 Å². The standard InChI is InChI=1S/C21H25NO3/c1-16(2)19-13-21(23)25-22(19)20(18-11-7-4-8-12-18)15-24-14-17-9-5-3-6-10-17/h3-12,16,19-20H,13-15H2,1-2H3/t19-,20+/m1/s1. The van der Waals surface area contributed by atoms with E-state index in [0.29, 0.717) is 25.6 Å². The van der Waals surface area contributed by atoms with Crippen molar-refractivity contribution >= 4 is 5.97 Å². The van der Waals surface area contributed by atoms with Gasteiger partial charge in [-0.05, 0) is 17.0 Å². The lowest BCUT2D eigenvalue weighted by molar-refractivity contribution is -0.197. The van der Waals surface area contributed by atoms with Crippen molar-refractivity contribution in [3.05, 3.63) is 71.8 Å². The zero-order valence-corrected chi connectivity index (χ0v) is 14.8. The van der Waals surface area contributed by atoms with Crippen molar-refractivity contribution in [2.75, 3.05) is 6.61 Å². The molecule has 1 heterocycles. The van der Waals surface area contributed by atoms with Gasteiger partial charge in [-0.3, -0.25) is 4.79 Å². The lowest BCUT2D eigenvalue weighted by Gasteiger charge is -2.32. The molecule has 1 saturated heterocycles. The molecule has 0 bridgehead atoms. The average Bonchev–Trinajstić information content (AvgIpc) is 3.02. The summed E-state index contributed by atoms with van der Waals surface area (Å²) in [7, 11) is 0. The first-order valence-corrected chi connectivity index (χ1v) is 8.81. The van der Waals surface area contributed by atoms with Crippen LogP contribution in [0.2, 0.25) is 0 Å². The smallest absolute Gasteiger partial charge is 0.326 e. The normalized spacial score (nSPS) is 19.2. The number of benzene rings is 2. The van der Waals surface area contributed by atoms with Gasteiger partial charge in [-0.2, -0.15) is 0 Å². The van der Waals surface area contributed by atoms with Crippen LogP contribution in [0.25, 0.3) is 0 Å². The zero-order chi connectivity index (χ0) is 17.6. The van der Waals surface area contributed by atoms with Gasteiger partial charge in [-0.15, -0.1) is 5.06 Å². The Morgan fingerprint density at radius 2 is 1.72 bits per heavy atom. The maximum atomic E-state index is 11.9. The molecule has 3 rings (SSSR count). The van der Waals surface area contributed by atoms with Crippen LogP contribution < -0.4 is 0 Å². The second-order valence-corrected chi connectivity index (χ2v) is 6.77. The molecule has 1 aliphatic rings. The maximum Gasteiger partial charge on any atom is 0.326 e. The SMILES string of the molecule is CC(C)[C@H]1CC(=O)ON1[C@@H](COCc1ccccc1)c1ccccc1. The summed E-state index contributed by atoms with van der Waals surface area (Å²) in [5.74, 6) is 0.162. The number of carbonyl (C=O) groups excluding carboxylic acids is 1. The summed E-state index contributed by atoms with van der Waals surface area (Å²) in [6, 6.07) is 20.2. The molecule has 0 saturated carbocycles. The topological polar surface area (TPSA) is 38.8 Å². The lowest BCUT2D eigenvalue weighted by Crippen LogP contribution is -2.38. The van der Waals surface area contributed by atoms with Crippen LogP contribution in [-0.4, -0.2) is 23.7 Å². The number of nitrogens with zero attached hydrogens (tertiary/aromatic N) is 1. The first kappa shape index (κ1) is 17.6. The number of hydrogen-bond acceptors (Lipinski definition) is 4. The monoisotopic (exact) mass is 339 g/mol. The van der Waals surface area contributed by atoms with Crippen LogP contribution in [0.1, 0.15) is 37.4 Å². The minimum absolute atomic E-state index is 0.0676. The minimum Gasteiger partial charge on any atom is -0.375 e. The molecule has 2 aromatic rings. The van der Waals surface area contributed by atoms with Crippen molar-refractivity contribution in [2.45, 2.75) is 39.0 Å². The van der Waals surface area contributed by atoms with Gasteiger partial charge in [0.15, 0.2) is 0 Å². The highest BCUT2D eigenvalue weighted by Gasteiger charge is 2.40. The van der Waals surface area contributed by atoms with Crippen molar-refractivity contribution in [1.82, 2.24) is 5.06 Å². The van der Waals surface area contributed by atoms with E-state index in [1.54, 1.807) is 0 Å². The van der Waals surface area contributed by atoms with Gasteiger partial charge in [-0.25, -0.2) is 0 Å². The van der Waals surface area contributed by atoms with E-state index >= 15 is 0 Å². The van der Waals surface area contributed by atoms with E-state index in [1.807, 2.05) is 53.6 Å². The molecule has 0 aliphatic carbocycles. The second-order valence-electron chi connectivity index (χ2n) is 6.77. The molecule has 1 aliphatic heterocycles. The van der Waals surface area contributed by atoms with Crippen molar-refractivity contribution in [3.8, 4) is 0 Å². The predicted octanol–water partition coefficient (Wildman–Crippen LogP) is 4.13. The molecule has 0 N–H and O–H groups in total. The third-order valence-corrected chi connectivity index (χ3v) is 4.56. The third-order valence-electron chi connectivity index (χ3n) is 4.56. The molecular weight excluding hydrogens is 314 g/mol. The minimum atomic E-state index is -0.164. The van der Waals surface area contributed by atoms with E-state index in [1.165, 1.54) is 0 Å². The summed E-state index contributed by atoms with van der Waals surface area (Å²) in [4.78, 5) is 17.5. The van der Waals surface area contributed by atoms with Gasteiger partial charge < -0.3 is 9.57 Å². The highest BCUT2D eigenvalue weighted by atomic mass is 16.7. The summed E-state index contributed by atoms with van der Waals surface area (Å²) >= 11 is 0. The third kappa shape index (κ3) is 4.47. The molecular formula is C21H25NO3. The molecule has 0 amide bonds. The molecule has 0 aromatic heterocycles. The van der Waals surface area contributed by atoms with Crippen molar-refractivity contribution in [2.24, 2.45) is 5.92 Å². The highest BCUT2D eigenvalue weighted by molar-refractivity contribution is 5.71. The lowest BCUT2D eigenvalue weighted by atomic mass is 9.98. The van der Waals surface area contributed by atoms with Crippen LogP contribution in [0.4, 0.5) is 0 Å². The molecule has 25 heavy (non-hydrogen) atoms. The summed E-state index contributed by atoms with van der Waals surface area (Å²) in [6.07, 6.45) is 0.430. The Labute approximate surface area is 149 Å². The Bertz CT molecular complexity index is 672. The summed E-state index contributed by atoms with van der Waals surface area (Å²) in [5, 5.41) is 1.84. The summed E-state index contributed by atoms with van der Waals surface area (Å²) < 4.78 is 5.98. The molecule has 2 aromatic carbocycles. The number of rotatable bonds is 7. The van der Waals surface area contributed by atoms with Crippen LogP contribution in [0.5, 0.6) is 0 Å². The highest BCUT2D eigenvalue weighted by Crippen LogP contribution is 2.33. The number of ether oxygens (including phenoxy) is 1. The van der Waals surface area contributed by atoms with Crippen LogP contribution in [0.3, 0.4) is 0 Å². The van der Waals surface area contributed by atoms with Crippen LogP contribution in [0, 0.1) is 5.92 Å². The van der Waals surface area contributed by atoms with E-state index < -0.39 is 0 Å². The zero-order valence-electron chi connectivity index (χ0n) is 14.8. The summed E-state index contributed by atoms with van der Waals surface area (Å²) in [5.41, 5.74) is 2.23. The predicted molar refractivity (Wildman–Crippen MR) is 96.5 cm³/mol.